The van der Waals surface area contributed by atoms with Crippen LogP contribution < -0.4 is 15.4 Å². The van der Waals surface area contributed by atoms with Crippen LogP contribution in [0.1, 0.15) is 17.3 Å². The van der Waals surface area contributed by atoms with E-state index in [4.69, 9.17) is 4.74 Å². The predicted octanol–water partition coefficient (Wildman–Crippen LogP) is 2.88. The summed E-state index contributed by atoms with van der Waals surface area (Å²) in [6, 6.07) is 12.0. The number of rotatable bonds is 6. The van der Waals surface area contributed by atoms with E-state index in [0.29, 0.717) is 29.2 Å². The molecule has 0 saturated heterocycles. The zero-order valence-corrected chi connectivity index (χ0v) is 15.1. The molecule has 0 aliphatic carbocycles. The average Bonchev–Trinajstić information content (AvgIpc) is 2.56. The third kappa shape index (κ3) is 6.10. The molecule has 0 spiro atoms. The molecular weight excluding hydrogens is 358 g/mol. The minimum Gasteiger partial charge on any atom is -0.462 e. The second-order valence-electron chi connectivity index (χ2n) is 5.33. The van der Waals surface area contributed by atoms with Gasteiger partial charge in [-0.05, 0) is 55.5 Å². The van der Waals surface area contributed by atoms with Gasteiger partial charge in [0.2, 0.25) is 10.0 Å². The molecule has 2 aromatic carbocycles. The van der Waals surface area contributed by atoms with E-state index in [2.05, 4.69) is 15.4 Å². The van der Waals surface area contributed by atoms with Crippen molar-refractivity contribution in [2.75, 3.05) is 28.2 Å². The molecule has 9 heteroatoms. The number of ether oxygens (including phenoxy) is 1. The highest BCUT2D eigenvalue weighted by atomic mass is 32.2. The molecule has 0 aromatic heterocycles. The van der Waals surface area contributed by atoms with Crippen molar-refractivity contribution >= 4 is 39.1 Å². The monoisotopic (exact) mass is 377 g/mol. The number of esters is 1. The van der Waals surface area contributed by atoms with Gasteiger partial charge in [0.1, 0.15) is 0 Å². The lowest BCUT2D eigenvalue weighted by Crippen LogP contribution is -2.19. The van der Waals surface area contributed by atoms with Gasteiger partial charge in [-0.1, -0.05) is 0 Å². The van der Waals surface area contributed by atoms with E-state index < -0.39 is 22.0 Å². The first-order valence-electron chi connectivity index (χ1n) is 7.70. The van der Waals surface area contributed by atoms with Crippen LogP contribution in [0.4, 0.5) is 21.9 Å². The zero-order chi connectivity index (χ0) is 19.2. The van der Waals surface area contributed by atoms with Crippen molar-refractivity contribution in [3.05, 3.63) is 54.1 Å². The molecule has 0 atom stereocenters. The van der Waals surface area contributed by atoms with Gasteiger partial charge < -0.3 is 15.4 Å². The second kappa shape index (κ2) is 8.34. The molecule has 0 radical (unpaired) electrons. The maximum Gasteiger partial charge on any atom is 0.338 e. The molecule has 2 aromatic rings. The molecule has 0 saturated carbocycles. The molecule has 0 bridgehead atoms. The molecule has 0 aliphatic heterocycles. The number of anilines is 3. The van der Waals surface area contributed by atoms with Gasteiger partial charge in [0, 0.05) is 17.1 Å². The van der Waals surface area contributed by atoms with E-state index in [9.17, 15) is 18.0 Å². The van der Waals surface area contributed by atoms with Gasteiger partial charge in [-0.15, -0.1) is 0 Å². The summed E-state index contributed by atoms with van der Waals surface area (Å²) >= 11 is 0. The van der Waals surface area contributed by atoms with Gasteiger partial charge in [0.15, 0.2) is 0 Å². The Labute approximate surface area is 151 Å². The van der Waals surface area contributed by atoms with Crippen LogP contribution in [-0.2, 0) is 14.8 Å². The Bertz CT molecular complexity index is 878. The van der Waals surface area contributed by atoms with Crippen LogP contribution in [0, 0.1) is 0 Å². The van der Waals surface area contributed by atoms with Gasteiger partial charge in [-0.25, -0.2) is 18.0 Å². The molecule has 2 rings (SSSR count). The Morgan fingerprint density at radius 1 is 0.885 bits per heavy atom. The van der Waals surface area contributed by atoms with E-state index in [1.807, 2.05) is 0 Å². The van der Waals surface area contributed by atoms with Crippen LogP contribution in [-0.4, -0.2) is 33.3 Å². The van der Waals surface area contributed by atoms with Crippen molar-refractivity contribution in [1.82, 2.24) is 0 Å². The maximum atomic E-state index is 12.0. The van der Waals surface area contributed by atoms with Gasteiger partial charge in [0.05, 0.1) is 18.4 Å². The number of urea groups is 1. The van der Waals surface area contributed by atoms with E-state index in [-0.39, 0.29) is 0 Å². The summed E-state index contributed by atoms with van der Waals surface area (Å²) < 4.78 is 29.5. The number of carbonyl (C=O) groups is 2. The molecule has 3 N–H and O–H groups in total. The molecule has 8 nitrogen and oxygen atoms in total. The summed E-state index contributed by atoms with van der Waals surface area (Å²) in [6.07, 6.45) is 1.06. The Morgan fingerprint density at radius 3 is 1.81 bits per heavy atom. The summed E-state index contributed by atoms with van der Waals surface area (Å²) in [7, 11) is -3.35. The quantitative estimate of drug-likeness (QED) is 0.670. The topological polar surface area (TPSA) is 114 Å². The SMILES string of the molecule is CCOC(=O)c1ccc(NC(=O)Nc2ccc(NS(C)(=O)=O)cc2)cc1. The van der Waals surface area contributed by atoms with Crippen LogP contribution in [0.25, 0.3) is 0 Å². The first kappa shape index (κ1) is 19.3. The van der Waals surface area contributed by atoms with Crippen molar-refractivity contribution in [3.8, 4) is 0 Å². The molecule has 26 heavy (non-hydrogen) atoms. The third-order valence-corrected chi connectivity index (χ3v) is 3.71. The Hall–Kier alpha value is -3.07. The van der Waals surface area contributed by atoms with E-state index >= 15 is 0 Å². The molecule has 138 valence electrons. The van der Waals surface area contributed by atoms with Crippen molar-refractivity contribution in [2.24, 2.45) is 0 Å². The van der Waals surface area contributed by atoms with Gasteiger partial charge in [-0.2, -0.15) is 0 Å². The zero-order valence-electron chi connectivity index (χ0n) is 14.3. The minimum absolute atomic E-state index is 0.291. The Kier molecular flexibility index (Phi) is 6.18. The summed E-state index contributed by atoms with van der Waals surface area (Å²) in [5.74, 6) is -0.425. The summed E-state index contributed by atoms with van der Waals surface area (Å²) in [5.41, 5.74) is 1.79. The van der Waals surface area contributed by atoms with Gasteiger partial charge in [-0.3, -0.25) is 4.72 Å². The Balaban J connectivity index is 1.93. The van der Waals surface area contributed by atoms with Crippen molar-refractivity contribution in [1.29, 1.82) is 0 Å². The first-order chi connectivity index (χ1) is 12.3. The van der Waals surface area contributed by atoms with Crippen LogP contribution in [0.5, 0.6) is 0 Å². The fraction of sp³-hybridized carbons (Fsp3) is 0.176. The summed E-state index contributed by atoms with van der Waals surface area (Å²) in [4.78, 5) is 23.6. The predicted molar refractivity (Wildman–Crippen MR) is 99.9 cm³/mol. The van der Waals surface area contributed by atoms with Gasteiger partial charge >= 0.3 is 12.0 Å². The largest absolute Gasteiger partial charge is 0.462 e. The third-order valence-electron chi connectivity index (χ3n) is 3.10. The van der Waals surface area contributed by atoms with Gasteiger partial charge in [0.25, 0.3) is 0 Å². The molecule has 0 unspecified atom stereocenters. The highest BCUT2D eigenvalue weighted by Crippen LogP contribution is 2.15. The average molecular weight is 377 g/mol. The lowest BCUT2D eigenvalue weighted by molar-refractivity contribution is 0.0526. The Morgan fingerprint density at radius 2 is 1.35 bits per heavy atom. The number of hydrogen-bond donors (Lipinski definition) is 3. The van der Waals surface area contributed by atoms with E-state index in [1.165, 1.54) is 12.1 Å². The lowest BCUT2D eigenvalue weighted by atomic mass is 10.2. The summed E-state index contributed by atoms with van der Waals surface area (Å²) in [6.45, 7) is 2.02. The van der Waals surface area contributed by atoms with Crippen molar-refractivity contribution in [2.45, 2.75) is 6.92 Å². The highest BCUT2D eigenvalue weighted by molar-refractivity contribution is 7.92. The molecule has 2 amide bonds. The number of carbonyl (C=O) groups excluding carboxylic acids is 2. The van der Waals surface area contributed by atoms with Crippen LogP contribution in [0.3, 0.4) is 0 Å². The highest BCUT2D eigenvalue weighted by Gasteiger charge is 2.08. The van der Waals surface area contributed by atoms with Crippen LogP contribution >= 0.6 is 0 Å². The molecular formula is C17H19N3O5S. The summed E-state index contributed by atoms with van der Waals surface area (Å²) in [5, 5.41) is 5.25. The molecule has 0 aliphatic rings. The first-order valence-corrected chi connectivity index (χ1v) is 9.59. The normalized spacial score (nSPS) is 10.7. The standard InChI is InChI=1S/C17H19N3O5S/c1-3-25-16(21)12-4-6-13(7-5-12)18-17(22)19-14-8-10-15(11-9-14)20-26(2,23)24/h4-11,20H,3H2,1-2H3,(H2,18,19,22). The number of benzene rings is 2. The fourth-order valence-corrected chi connectivity index (χ4v) is 2.60. The van der Waals surface area contributed by atoms with E-state index in [1.54, 1.807) is 43.3 Å². The van der Waals surface area contributed by atoms with Crippen LogP contribution in [0.15, 0.2) is 48.5 Å². The van der Waals surface area contributed by atoms with Crippen molar-refractivity contribution < 1.29 is 22.7 Å². The lowest BCUT2D eigenvalue weighted by Gasteiger charge is -2.09. The number of nitrogens with one attached hydrogen (secondary N) is 3. The van der Waals surface area contributed by atoms with E-state index in [0.717, 1.165) is 6.26 Å². The molecule has 0 fully saturated rings. The minimum atomic E-state index is -3.35. The fourth-order valence-electron chi connectivity index (χ4n) is 2.03. The number of sulfonamides is 1. The number of hydrogen-bond acceptors (Lipinski definition) is 5. The maximum absolute atomic E-state index is 12.0. The smallest absolute Gasteiger partial charge is 0.338 e. The van der Waals surface area contributed by atoms with Crippen molar-refractivity contribution in [3.63, 3.8) is 0 Å². The van der Waals surface area contributed by atoms with Crippen LogP contribution in [0.2, 0.25) is 0 Å². The second-order valence-corrected chi connectivity index (χ2v) is 7.08. The molecule has 0 heterocycles. The number of amides is 2.